The molecule has 2 N–H and O–H groups in total. The molecule has 258 valence electrons. The molecule has 2 aromatic carbocycles. The van der Waals surface area contributed by atoms with Crippen LogP contribution < -0.4 is 10.1 Å². The summed E-state index contributed by atoms with van der Waals surface area (Å²) in [6.07, 6.45) is 9.28. The van der Waals surface area contributed by atoms with E-state index in [1.54, 1.807) is 22.9 Å². The highest BCUT2D eigenvalue weighted by Gasteiger charge is 2.29. The van der Waals surface area contributed by atoms with Crippen molar-refractivity contribution in [1.82, 2.24) is 24.9 Å². The predicted molar refractivity (Wildman–Crippen MR) is 199 cm³/mol. The number of nitrogens with zero attached hydrogens (tertiary/aromatic N) is 3. The molecule has 4 aromatic rings. The summed E-state index contributed by atoms with van der Waals surface area (Å²) in [5.74, 6) is 6.26. The zero-order valence-electron chi connectivity index (χ0n) is 27.6. The molecule has 1 saturated carbocycles. The number of rotatable bonds is 9. The zero-order chi connectivity index (χ0) is 34.4. The molecule has 3 heterocycles. The number of sulfonamides is 1. The van der Waals surface area contributed by atoms with E-state index in [1.165, 1.54) is 11.3 Å². The van der Waals surface area contributed by atoms with E-state index in [0.717, 1.165) is 91.8 Å². The first kappa shape index (κ1) is 35.6. The van der Waals surface area contributed by atoms with Crippen molar-refractivity contribution in [3.63, 3.8) is 0 Å². The van der Waals surface area contributed by atoms with Crippen LogP contribution in [0.15, 0.2) is 54.6 Å². The molecule has 1 saturated heterocycles. The Morgan fingerprint density at radius 1 is 0.939 bits per heavy atom. The summed E-state index contributed by atoms with van der Waals surface area (Å²) in [5.41, 5.74) is 6.77. The Balaban J connectivity index is 1.41. The van der Waals surface area contributed by atoms with Crippen molar-refractivity contribution in [2.75, 3.05) is 18.8 Å². The van der Waals surface area contributed by atoms with E-state index in [0.29, 0.717) is 27.0 Å². The summed E-state index contributed by atoms with van der Waals surface area (Å²) in [6, 6.07) is 17.0. The highest BCUT2D eigenvalue weighted by Crippen LogP contribution is 2.37. The van der Waals surface area contributed by atoms with Gasteiger partial charge in [0.05, 0.1) is 31.9 Å². The average molecular weight is 739 g/mol. The zero-order valence-corrected chi connectivity index (χ0v) is 30.7. The van der Waals surface area contributed by atoms with E-state index in [4.69, 9.17) is 28.3 Å². The molecule has 2 fully saturated rings. The monoisotopic (exact) mass is 737 g/mol. The maximum absolute atomic E-state index is 14.0. The second kappa shape index (κ2) is 16.2. The quantitative estimate of drug-likeness (QED) is 0.134. The summed E-state index contributed by atoms with van der Waals surface area (Å²) in [4.78, 5) is 15.6. The maximum atomic E-state index is 14.0. The molecule has 2 aliphatic rings. The van der Waals surface area contributed by atoms with Crippen molar-refractivity contribution in [3.8, 4) is 28.1 Å². The Hall–Kier alpha value is -3.17. The Bertz CT molecular complexity index is 1950. The third-order valence-electron chi connectivity index (χ3n) is 9.07. The predicted octanol–water partition coefficient (Wildman–Crippen LogP) is 8.14. The molecule has 1 aliphatic heterocycles. The standard InChI is InChI=1S/C37H41Cl2N5O3S2/c1-26-11-13-27(14-12-26)15-17-30-18-20-34(48-30)36-31(24-40-49(46,47)25-28-9-5-2-3-6-10-28)35(37(45)42-43-21-7-4-8-22-43)41-44(36)33-19-16-29(38)23-32(33)39/h11-14,16,18-20,23,28,40H,2-10,21-22,24-25H2,1H3,(H,42,45). The number of aryl methyl sites for hydroxylation is 1. The average Bonchev–Trinajstić information content (AvgIpc) is 3.61. The van der Waals surface area contributed by atoms with E-state index in [9.17, 15) is 13.2 Å². The van der Waals surface area contributed by atoms with Crippen molar-refractivity contribution in [2.45, 2.75) is 71.3 Å². The molecule has 12 heteroatoms. The minimum absolute atomic E-state index is 0.0620. The van der Waals surface area contributed by atoms with Crippen molar-refractivity contribution >= 4 is 50.5 Å². The number of amides is 1. The molecule has 0 radical (unpaired) electrons. The Kier molecular flexibility index (Phi) is 11.8. The third kappa shape index (κ3) is 9.34. The van der Waals surface area contributed by atoms with Crippen LogP contribution in [0.2, 0.25) is 10.0 Å². The van der Waals surface area contributed by atoms with Gasteiger partial charge in [0.1, 0.15) is 0 Å². The first-order valence-electron chi connectivity index (χ1n) is 16.9. The van der Waals surface area contributed by atoms with Crippen LogP contribution >= 0.6 is 34.5 Å². The van der Waals surface area contributed by atoms with Gasteiger partial charge in [-0.3, -0.25) is 10.2 Å². The van der Waals surface area contributed by atoms with E-state index >= 15 is 0 Å². The van der Waals surface area contributed by atoms with Gasteiger partial charge in [-0.15, -0.1) is 11.3 Å². The first-order chi connectivity index (χ1) is 23.6. The second-order valence-electron chi connectivity index (χ2n) is 12.9. The minimum Gasteiger partial charge on any atom is -0.283 e. The number of carbonyl (C=O) groups excluding carboxylic acids is 1. The number of hydrogen-bond acceptors (Lipinski definition) is 6. The number of aromatic nitrogens is 2. The molecule has 49 heavy (non-hydrogen) atoms. The SMILES string of the molecule is Cc1ccc(C#Cc2ccc(-c3c(CNS(=O)(=O)CC4CCCCCC4)c(C(=O)NN4CCCCC4)nn3-c3ccc(Cl)cc3Cl)s2)cc1. The van der Waals surface area contributed by atoms with Gasteiger partial charge < -0.3 is 0 Å². The fourth-order valence-electron chi connectivity index (χ4n) is 6.47. The highest BCUT2D eigenvalue weighted by atomic mass is 35.5. The number of hydrogen-bond donors (Lipinski definition) is 2. The molecule has 0 bridgehead atoms. The van der Waals surface area contributed by atoms with Crippen molar-refractivity contribution < 1.29 is 13.2 Å². The normalized spacial score (nSPS) is 16.1. The topological polar surface area (TPSA) is 96.3 Å². The van der Waals surface area contributed by atoms with Crippen LogP contribution in [0.3, 0.4) is 0 Å². The third-order valence-corrected chi connectivity index (χ3v) is 12.1. The lowest BCUT2D eigenvalue weighted by atomic mass is 10.0. The van der Waals surface area contributed by atoms with Crippen LogP contribution in [0, 0.1) is 24.7 Å². The van der Waals surface area contributed by atoms with Crippen LogP contribution in [-0.2, 0) is 16.6 Å². The molecule has 6 rings (SSSR count). The van der Waals surface area contributed by atoms with Crippen molar-refractivity contribution in [1.29, 1.82) is 0 Å². The van der Waals surface area contributed by atoms with Crippen LogP contribution in [0.4, 0.5) is 0 Å². The lowest BCUT2D eigenvalue weighted by Gasteiger charge is -2.26. The van der Waals surface area contributed by atoms with Gasteiger partial charge in [0.25, 0.3) is 5.91 Å². The number of thiophene rings is 1. The fourth-order valence-corrected chi connectivity index (χ4v) is 9.31. The van der Waals surface area contributed by atoms with Crippen LogP contribution in [0.5, 0.6) is 0 Å². The summed E-state index contributed by atoms with van der Waals surface area (Å²) in [5, 5.41) is 7.55. The Labute approximate surface area is 303 Å². The molecule has 8 nitrogen and oxygen atoms in total. The molecule has 1 aliphatic carbocycles. The molecular formula is C37H41Cl2N5O3S2. The summed E-state index contributed by atoms with van der Waals surface area (Å²) in [7, 11) is -3.66. The van der Waals surface area contributed by atoms with Crippen LogP contribution in [0.25, 0.3) is 16.3 Å². The van der Waals surface area contributed by atoms with E-state index in [2.05, 4.69) is 22.0 Å². The molecule has 1 amide bonds. The lowest BCUT2D eigenvalue weighted by Crippen LogP contribution is -2.45. The van der Waals surface area contributed by atoms with Gasteiger partial charge in [-0.2, -0.15) is 5.10 Å². The number of carbonyl (C=O) groups is 1. The van der Waals surface area contributed by atoms with Crippen LogP contribution in [0.1, 0.15) is 89.8 Å². The van der Waals surface area contributed by atoms with E-state index < -0.39 is 15.9 Å². The molecular weight excluding hydrogens is 697 g/mol. The molecule has 0 unspecified atom stereocenters. The smallest absolute Gasteiger partial charge is 0.283 e. The van der Waals surface area contributed by atoms with Gasteiger partial charge in [-0.1, -0.05) is 84.8 Å². The van der Waals surface area contributed by atoms with Gasteiger partial charge in [-0.05, 0) is 81.0 Å². The number of halogens is 2. The maximum Gasteiger partial charge on any atom is 0.286 e. The van der Waals surface area contributed by atoms with Gasteiger partial charge in [0, 0.05) is 35.8 Å². The van der Waals surface area contributed by atoms with E-state index in [-0.39, 0.29) is 23.9 Å². The van der Waals surface area contributed by atoms with Gasteiger partial charge in [0.2, 0.25) is 10.0 Å². The summed E-state index contributed by atoms with van der Waals surface area (Å²) >= 11 is 14.5. The summed E-state index contributed by atoms with van der Waals surface area (Å²) in [6.45, 7) is 3.40. The number of nitrogens with one attached hydrogen (secondary N) is 2. The van der Waals surface area contributed by atoms with Crippen molar-refractivity contribution in [2.24, 2.45) is 5.92 Å². The Morgan fingerprint density at radius 3 is 2.37 bits per heavy atom. The molecule has 0 atom stereocenters. The molecule has 2 aromatic heterocycles. The largest absolute Gasteiger partial charge is 0.286 e. The Morgan fingerprint density at radius 2 is 1.65 bits per heavy atom. The van der Waals surface area contributed by atoms with Crippen molar-refractivity contribution in [3.05, 3.63) is 91.9 Å². The number of benzene rings is 2. The van der Waals surface area contributed by atoms with Gasteiger partial charge in [-0.25, -0.2) is 22.8 Å². The number of piperidine rings is 1. The molecule has 0 spiro atoms. The fraction of sp³-hybridized carbons (Fsp3) is 0.405. The first-order valence-corrected chi connectivity index (χ1v) is 20.2. The number of hydrazine groups is 1. The minimum atomic E-state index is -3.66. The lowest BCUT2D eigenvalue weighted by molar-refractivity contribution is 0.0743. The summed E-state index contributed by atoms with van der Waals surface area (Å²) < 4.78 is 31.6. The van der Waals surface area contributed by atoms with Gasteiger partial charge in [0.15, 0.2) is 5.69 Å². The van der Waals surface area contributed by atoms with Gasteiger partial charge >= 0.3 is 0 Å². The second-order valence-corrected chi connectivity index (χ2v) is 16.7. The van der Waals surface area contributed by atoms with Crippen LogP contribution in [-0.4, -0.2) is 48.0 Å². The van der Waals surface area contributed by atoms with E-state index in [1.807, 2.05) is 48.3 Å². The highest BCUT2D eigenvalue weighted by molar-refractivity contribution is 7.89.